The molecule has 4 aromatic rings. The zero-order chi connectivity index (χ0) is 30.0. The van der Waals surface area contributed by atoms with E-state index >= 15 is 0 Å². The van der Waals surface area contributed by atoms with Crippen molar-refractivity contribution in [2.24, 2.45) is 0 Å². The van der Waals surface area contributed by atoms with E-state index in [2.05, 4.69) is 27.1 Å². The predicted molar refractivity (Wildman–Crippen MR) is 167 cm³/mol. The number of ether oxygens (including phenoxy) is 1. The summed E-state index contributed by atoms with van der Waals surface area (Å²) in [5, 5.41) is 6.95. The average molecular weight is 590 g/mol. The largest absolute Gasteiger partial charge is 0.494 e. The molecular weight excluding hydrogens is 554 g/mol. The number of rotatable bonds is 10. The minimum absolute atomic E-state index is 0.111. The average Bonchev–Trinajstić information content (AvgIpc) is 3.31. The van der Waals surface area contributed by atoms with Crippen molar-refractivity contribution in [3.63, 3.8) is 0 Å². The Morgan fingerprint density at radius 1 is 1.14 bits per heavy atom. The molecule has 0 aliphatic carbocycles. The van der Waals surface area contributed by atoms with Crippen LogP contribution in [0.2, 0.25) is 0 Å². The van der Waals surface area contributed by atoms with Crippen molar-refractivity contribution in [3.8, 4) is 17.0 Å². The van der Waals surface area contributed by atoms with Crippen LogP contribution in [0.1, 0.15) is 12.1 Å². The van der Waals surface area contributed by atoms with Crippen LogP contribution in [-0.4, -0.2) is 80.3 Å². The van der Waals surface area contributed by atoms with Gasteiger partial charge in [0.25, 0.3) is 0 Å². The van der Waals surface area contributed by atoms with E-state index in [-0.39, 0.29) is 11.7 Å². The molecule has 0 radical (unpaired) electrons. The molecule has 220 valence electrons. The topological polar surface area (TPSA) is 122 Å². The van der Waals surface area contributed by atoms with E-state index in [4.69, 9.17) is 9.72 Å². The van der Waals surface area contributed by atoms with Crippen molar-refractivity contribution in [2.75, 3.05) is 62.6 Å². The smallest absolute Gasteiger partial charge is 0.247 e. The van der Waals surface area contributed by atoms with Crippen molar-refractivity contribution in [2.45, 2.75) is 12.8 Å². The summed E-state index contributed by atoms with van der Waals surface area (Å²) in [5.74, 6) is 0.597. The zero-order valence-electron chi connectivity index (χ0n) is 24.2. The maximum Gasteiger partial charge on any atom is 0.247 e. The molecule has 42 heavy (non-hydrogen) atoms. The minimum Gasteiger partial charge on any atom is -0.494 e. The van der Waals surface area contributed by atoms with Gasteiger partial charge in [0.2, 0.25) is 21.9 Å². The van der Waals surface area contributed by atoms with Crippen LogP contribution in [0.5, 0.6) is 5.75 Å². The third-order valence-electron chi connectivity index (χ3n) is 7.23. The zero-order valence-corrected chi connectivity index (χ0v) is 25.0. The molecule has 1 amide bonds. The van der Waals surface area contributed by atoms with E-state index in [1.165, 1.54) is 10.0 Å². The lowest BCUT2D eigenvalue weighted by atomic mass is 10.0. The quantitative estimate of drug-likeness (QED) is 0.263. The van der Waals surface area contributed by atoms with E-state index in [0.717, 1.165) is 35.4 Å². The van der Waals surface area contributed by atoms with Crippen LogP contribution >= 0.6 is 0 Å². The highest BCUT2D eigenvalue weighted by atomic mass is 32.2. The van der Waals surface area contributed by atoms with Crippen molar-refractivity contribution >= 4 is 49.8 Å². The summed E-state index contributed by atoms with van der Waals surface area (Å²) in [4.78, 5) is 25.7. The second-order valence-corrected chi connectivity index (χ2v) is 12.3. The molecule has 0 saturated heterocycles. The fraction of sp³-hybridized carbons (Fsp3) is 0.300. The molecule has 0 spiro atoms. The van der Waals surface area contributed by atoms with Gasteiger partial charge in [-0.15, -0.1) is 0 Å². The first-order chi connectivity index (χ1) is 20.1. The summed E-state index contributed by atoms with van der Waals surface area (Å²) >= 11 is 0. The molecule has 2 aromatic heterocycles. The van der Waals surface area contributed by atoms with Gasteiger partial charge in [0.1, 0.15) is 5.75 Å². The molecular formula is C30H35N7O4S. The Kier molecular flexibility index (Phi) is 8.19. The van der Waals surface area contributed by atoms with Gasteiger partial charge in [-0.05, 0) is 51.2 Å². The molecule has 2 aromatic carbocycles. The van der Waals surface area contributed by atoms with Crippen molar-refractivity contribution in [1.82, 2.24) is 18.8 Å². The first-order valence-corrected chi connectivity index (χ1v) is 15.2. The van der Waals surface area contributed by atoms with Crippen LogP contribution in [0, 0.1) is 0 Å². The molecule has 1 aliphatic rings. The number of hydrogen-bond acceptors (Lipinski definition) is 9. The van der Waals surface area contributed by atoms with Gasteiger partial charge < -0.3 is 25.2 Å². The molecule has 12 heteroatoms. The van der Waals surface area contributed by atoms with E-state index in [1.54, 1.807) is 25.4 Å². The Bertz CT molecular complexity index is 1770. The summed E-state index contributed by atoms with van der Waals surface area (Å²) < 4.78 is 33.3. The molecule has 0 unspecified atom stereocenters. The Morgan fingerprint density at radius 2 is 1.93 bits per heavy atom. The lowest BCUT2D eigenvalue weighted by Gasteiger charge is -2.26. The number of fused-ring (bicyclic) bond motifs is 3. The van der Waals surface area contributed by atoms with Crippen LogP contribution in [0.4, 0.5) is 23.0 Å². The fourth-order valence-electron chi connectivity index (χ4n) is 5.19. The standard InChI is InChI=1S/C30H35N7O4S/c1-6-28(38)32-22-18-23(27(41-5)19-26(22)36(4)16-15-35(2)3)34-30-31-14-13-21(33-30)29-20-10-7-8-11-24(20)37-25(29)12-9-17-42(37,39)40/h6-8,10-11,13-14,18-19H,1,9,12,15-17H2,2-5H3,(H,32,38)(H,31,33,34). The van der Waals surface area contributed by atoms with Crippen molar-refractivity contribution in [3.05, 3.63) is 67.0 Å². The molecule has 0 atom stereocenters. The number of aromatic nitrogens is 3. The van der Waals surface area contributed by atoms with Crippen LogP contribution in [0.3, 0.4) is 0 Å². The van der Waals surface area contributed by atoms with Gasteiger partial charge in [-0.3, -0.25) is 4.79 Å². The number of hydrogen-bond donors (Lipinski definition) is 2. The highest BCUT2D eigenvalue weighted by molar-refractivity contribution is 7.90. The van der Waals surface area contributed by atoms with Gasteiger partial charge in [0.05, 0.1) is 41.1 Å². The van der Waals surface area contributed by atoms with Crippen LogP contribution < -0.4 is 20.3 Å². The van der Waals surface area contributed by atoms with Gasteiger partial charge in [0.15, 0.2) is 0 Å². The highest BCUT2D eigenvalue weighted by Gasteiger charge is 2.30. The maximum absolute atomic E-state index is 13.1. The molecule has 2 N–H and O–H groups in total. The highest BCUT2D eigenvalue weighted by Crippen LogP contribution is 2.40. The number of nitrogens with zero attached hydrogens (tertiary/aromatic N) is 5. The number of benzene rings is 2. The maximum atomic E-state index is 13.1. The third kappa shape index (κ3) is 5.68. The predicted octanol–water partition coefficient (Wildman–Crippen LogP) is 4.10. The monoisotopic (exact) mass is 589 g/mol. The normalized spacial score (nSPS) is 13.9. The van der Waals surface area contributed by atoms with E-state index in [1.807, 2.05) is 56.4 Å². The molecule has 5 rings (SSSR count). The number of nitrogens with one attached hydrogen (secondary N) is 2. The van der Waals surface area contributed by atoms with Gasteiger partial charge in [-0.2, -0.15) is 0 Å². The first kappa shape index (κ1) is 29.1. The lowest BCUT2D eigenvalue weighted by Crippen LogP contribution is -2.29. The summed E-state index contributed by atoms with van der Waals surface area (Å²) in [7, 11) is 4.06. The number of methoxy groups -OCH3 is 1. The van der Waals surface area contributed by atoms with E-state index in [0.29, 0.717) is 47.1 Å². The van der Waals surface area contributed by atoms with Gasteiger partial charge >= 0.3 is 0 Å². The van der Waals surface area contributed by atoms with Crippen molar-refractivity contribution in [1.29, 1.82) is 0 Å². The third-order valence-corrected chi connectivity index (χ3v) is 9.01. The Hall–Kier alpha value is -4.42. The lowest BCUT2D eigenvalue weighted by molar-refractivity contribution is -0.111. The fourth-order valence-corrected chi connectivity index (χ4v) is 6.86. The van der Waals surface area contributed by atoms with E-state index in [9.17, 15) is 13.2 Å². The number of amides is 1. The first-order valence-electron chi connectivity index (χ1n) is 13.6. The number of para-hydroxylation sites is 1. The van der Waals surface area contributed by atoms with Crippen molar-refractivity contribution < 1.29 is 17.9 Å². The Labute approximate surface area is 245 Å². The number of carbonyl (C=O) groups excluding carboxylic acids is 1. The number of likely N-dealkylation sites (N-methyl/N-ethyl adjacent to an activating group) is 2. The number of carbonyl (C=O) groups is 1. The Morgan fingerprint density at radius 3 is 2.67 bits per heavy atom. The van der Waals surface area contributed by atoms with Crippen LogP contribution in [0.25, 0.3) is 22.2 Å². The second-order valence-electron chi connectivity index (χ2n) is 10.4. The molecule has 3 heterocycles. The molecule has 0 bridgehead atoms. The second kappa shape index (κ2) is 11.8. The summed E-state index contributed by atoms with van der Waals surface area (Å²) in [6, 6.07) is 12.9. The summed E-state index contributed by atoms with van der Waals surface area (Å²) in [6.07, 6.45) is 4.03. The SMILES string of the molecule is C=CC(=O)Nc1cc(Nc2nccc(-c3c4n(c5ccccc35)S(=O)(=O)CCC4)n2)c(OC)cc1N(C)CCN(C)C. The molecule has 0 fully saturated rings. The number of anilines is 4. The summed E-state index contributed by atoms with van der Waals surface area (Å²) in [6.45, 7) is 5.11. The Balaban J connectivity index is 1.56. The summed E-state index contributed by atoms with van der Waals surface area (Å²) in [5.41, 5.74) is 4.65. The van der Waals surface area contributed by atoms with Crippen LogP contribution in [0.15, 0.2) is 61.3 Å². The molecule has 0 saturated carbocycles. The van der Waals surface area contributed by atoms with Crippen LogP contribution in [-0.2, 0) is 21.2 Å². The molecule has 1 aliphatic heterocycles. The van der Waals surface area contributed by atoms with Gasteiger partial charge in [-0.25, -0.2) is 22.4 Å². The van der Waals surface area contributed by atoms with Gasteiger partial charge in [0, 0.05) is 49.0 Å². The van der Waals surface area contributed by atoms with E-state index < -0.39 is 10.0 Å². The minimum atomic E-state index is -3.47. The molecule has 11 nitrogen and oxygen atoms in total. The van der Waals surface area contributed by atoms with Gasteiger partial charge in [-0.1, -0.05) is 24.8 Å².